The molecule has 0 atom stereocenters. The van der Waals surface area contributed by atoms with Crippen molar-refractivity contribution in [1.82, 2.24) is 10.2 Å². The molecule has 0 spiro atoms. The number of likely N-dealkylation sites (N-methyl/N-ethyl adjacent to an activating group) is 1. The van der Waals surface area contributed by atoms with E-state index in [0.29, 0.717) is 6.04 Å². The van der Waals surface area contributed by atoms with Crippen LogP contribution in [0.3, 0.4) is 0 Å². The minimum absolute atomic E-state index is 0.585. The van der Waals surface area contributed by atoms with Crippen LogP contribution in [0.5, 0.6) is 0 Å². The molecule has 1 N–H and O–H groups in total. The van der Waals surface area contributed by atoms with E-state index in [0.717, 1.165) is 26.1 Å². The Balaban J connectivity index is 2.25. The molecule has 0 aliphatic rings. The Labute approximate surface area is 104 Å². The lowest BCUT2D eigenvalue weighted by molar-refractivity contribution is 0.322. The first-order valence-corrected chi connectivity index (χ1v) is 6.93. The standard InChI is InChI=1S/C13H24N2S/c1-5-12-6-7-13(16-12)10-15(4)9-8-14-11(2)3/h6-7,11,14H,5,8-10H2,1-4H3. The maximum atomic E-state index is 3.44. The SMILES string of the molecule is CCc1ccc(CN(C)CCNC(C)C)s1. The average molecular weight is 240 g/mol. The number of rotatable bonds is 7. The van der Waals surface area contributed by atoms with Crippen molar-refractivity contribution in [2.24, 2.45) is 0 Å². The van der Waals surface area contributed by atoms with Crippen molar-refractivity contribution in [3.05, 3.63) is 21.9 Å². The maximum absolute atomic E-state index is 3.44. The van der Waals surface area contributed by atoms with E-state index < -0.39 is 0 Å². The minimum Gasteiger partial charge on any atom is -0.313 e. The highest BCUT2D eigenvalue weighted by Crippen LogP contribution is 2.17. The van der Waals surface area contributed by atoms with E-state index in [1.54, 1.807) is 0 Å². The Morgan fingerprint density at radius 1 is 1.31 bits per heavy atom. The predicted molar refractivity (Wildman–Crippen MR) is 73.2 cm³/mol. The molecule has 16 heavy (non-hydrogen) atoms. The summed E-state index contributed by atoms with van der Waals surface area (Å²) in [6, 6.07) is 5.10. The number of nitrogens with zero attached hydrogens (tertiary/aromatic N) is 1. The largest absolute Gasteiger partial charge is 0.313 e. The van der Waals surface area contributed by atoms with Gasteiger partial charge in [-0.15, -0.1) is 11.3 Å². The molecule has 0 radical (unpaired) electrons. The molecule has 0 saturated heterocycles. The van der Waals surface area contributed by atoms with Gasteiger partial charge in [0.1, 0.15) is 0 Å². The topological polar surface area (TPSA) is 15.3 Å². The molecule has 1 heterocycles. The summed E-state index contributed by atoms with van der Waals surface area (Å²) in [7, 11) is 2.19. The molecule has 0 saturated carbocycles. The van der Waals surface area contributed by atoms with Gasteiger partial charge in [0.05, 0.1) is 0 Å². The lowest BCUT2D eigenvalue weighted by Gasteiger charge is -2.17. The molecular weight excluding hydrogens is 216 g/mol. The smallest absolute Gasteiger partial charge is 0.0325 e. The van der Waals surface area contributed by atoms with Gasteiger partial charge in [0.2, 0.25) is 0 Å². The number of hydrogen-bond donors (Lipinski definition) is 1. The van der Waals surface area contributed by atoms with E-state index in [-0.39, 0.29) is 0 Å². The molecular formula is C13H24N2S. The van der Waals surface area contributed by atoms with Crippen molar-refractivity contribution in [1.29, 1.82) is 0 Å². The summed E-state index contributed by atoms with van der Waals surface area (Å²) in [6.07, 6.45) is 1.16. The Bertz CT molecular complexity index is 294. The quantitative estimate of drug-likeness (QED) is 0.788. The van der Waals surface area contributed by atoms with Crippen LogP contribution in [0.2, 0.25) is 0 Å². The van der Waals surface area contributed by atoms with Gasteiger partial charge in [0.15, 0.2) is 0 Å². The molecule has 3 heteroatoms. The Hall–Kier alpha value is -0.380. The van der Waals surface area contributed by atoms with Gasteiger partial charge < -0.3 is 10.2 Å². The molecule has 0 unspecified atom stereocenters. The normalized spacial score (nSPS) is 11.6. The lowest BCUT2D eigenvalue weighted by Crippen LogP contribution is -2.32. The summed E-state index contributed by atoms with van der Waals surface area (Å²) in [6.45, 7) is 9.84. The van der Waals surface area contributed by atoms with Gasteiger partial charge in [-0.1, -0.05) is 20.8 Å². The fraction of sp³-hybridized carbons (Fsp3) is 0.692. The predicted octanol–water partition coefficient (Wildman–Crippen LogP) is 2.74. The van der Waals surface area contributed by atoms with Crippen LogP contribution in [0.25, 0.3) is 0 Å². The first kappa shape index (κ1) is 13.7. The summed E-state index contributed by atoms with van der Waals surface area (Å²) in [4.78, 5) is 5.34. The summed E-state index contributed by atoms with van der Waals surface area (Å²) in [5.74, 6) is 0. The average Bonchev–Trinajstić information content (AvgIpc) is 2.65. The lowest BCUT2D eigenvalue weighted by atomic mass is 10.3. The fourth-order valence-electron chi connectivity index (χ4n) is 1.59. The first-order valence-electron chi connectivity index (χ1n) is 6.11. The van der Waals surface area contributed by atoms with Crippen molar-refractivity contribution in [3.63, 3.8) is 0 Å². The number of hydrogen-bond acceptors (Lipinski definition) is 3. The van der Waals surface area contributed by atoms with Crippen LogP contribution in [0.4, 0.5) is 0 Å². The first-order chi connectivity index (χ1) is 7.61. The molecule has 0 bridgehead atoms. The summed E-state index contributed by atoms with van der Waals surface area (Å²) < 4.78 is 0. The van der Waals surface area contributed by atoms with E-state index in [1.165, 1.54) is 9.75 Å². The van der Waals surface area contributed by atoms with Gasteiger partial charge in [-0.2, -0.15) is 0 Å². The van der Waals surface area contributed by atoms with Gasteiger partial charge in [0.25, 0.3) is 0 Å². The Morgan fingerprint density at radius 2 is 2.00 bits per heavy atom. The zero-order chi connectivity index (χ0) is 12.0. The van der Waals surface area contributed by atoms with Crippen LogP contribution >= 0.6 is 11.3 Å². The van der Waals surface area contributed by atoms with Crippen LogP contribution < -0.4 is 5.32 Å². The molecule has 1 aromatic rings. The van der Waals surface area contributed by atoms with Crippen LogP contribution in [-0.4, -0.2) is 31.1 Å². The number of aryl methyl sites for hydroxylation is 1. The van der Waals surface area contributed by atoms with E-state index in [9.17, 15) is 0 Å². The van der Waals surface area contributed by atoms with Gasteiger partial charge in [-0.05, 0) is 25.6 Å². The number of nitrogens with one attached hydrogen (secondary N) is 1. The van der Waals surface area contributed by atoms with E-state index in [4.69, 9.17) is 0 Å². The van der Waals surface area contributed by atoms with Crippen molar-refractivity contribution in [2.45, 2.75) is 39.8 Å². The van der Waals surface area contributed by atoms with Crippen molar-refractivity contribution < 1.29 is 0 Å². The molecule has 92 valence electrons. The van der Waals surface area contributed by atoms with Crippen LogP contribution in [-0.2, 0) is 13.0 Å². The summed E-state index contributed by atoms with van der Waals surface area (Å²) in [5.41, 5.74) is 0. The van der Waals surface area contributed by atoms with Crippen molar-refractivity contribution in [3.8, 4) is 0 Å². The van der Waals surface area contributed by atoms with E-state index >= 15 is 0 Å². The third-order valence-corrected chi connectivity index (χ3v) is 3.75. The van der Waals surface area contributed by atoms with Crippen LogP contribution in [0.1, 0.15) is 30.5 Å². The number of thiophene rings is 1. The minimum atomic E-state index is 0.585. The van der Waals surface area contributed by atoms with Crippen molar-refractivity contribution >= 4 is 11.3 Å². The highest BCUT2D eigenvalue weighted by molar-refractivity contribution is 7.11. The van der Waals surface area contributed by atoms with E-state index in [2.05, 4.69) is 50.2 Å². The molecule has 0 aliphatic heterocycles. The molecule has 1 rings (SSSR count). The van der Waals surface area contributed by atoms with Gasteiger partial charge in [-0.3, -0.25) is 0 Å². The highest BCUT2D eigenvalue weighted by atomic mass is 32.1. The Kier molecular flexibility index (Phi) is 6.03. The summed E-state index contributed by atoms with van der Waals surface area (Å²) >= 11 is 1.94. The molecule has 0 aliphatic carbocycles. The second-order valence-corrected chi connectivity index (χ2v) is 5.82. The van der Waals surface area contributed by atoms with Crippen LogP contribution in [0, 0.1) is 0 Å². The van der Waals surface area contributed by atoms with Gasteiger partial charge in [-0.25, -0.2) is 0 Å². The second kappa shape index (κ2) is 7.05. The zero-order valence-electron chi connectivity index (χ0n) is 10.9. The van der Waals surface area contributed by atoms with Gasteiger partial charge >= 0.3 is 0 Å². The monoisotopic (exact) mass is 240 g/mol. The third-order valence-electron chi connectivity index (χ3n) is 2.54. The second-order valence-electron chi connectivity index (χ2n) is 4.57. The third kappa shape index (κ3) is 5.10. The van der Waals surface area contributed by atoms with Crippen molar-refractivity contribution in [2.75, 3.05) is 20.1 Å². The molecule has 0 fully saturated rings. The molecule has 0 amide bonds. The van der Waals surface area contributed by atoms with Crippen LogP contribution in [0.15, 0.2) is 12.1 Å². The van der Waals surface area contributed by atoms with Gasteiger partial charge in [0, 0.05) is 35.4 Å². The summed E-state index contributed by atoms with van der Waals surface area (Å²) in [5, 5.41) is 3.44. The molecule has 2 nitrogen and oxygen atoms in total. The van der Waals surface area contributed by atoms with E-state index in [1.807, 2.05) is 11.3 Å². The fourth-order valence-corrected chi connectivity index (χ4v) is 2.62. The zero-order valence-corrected chi connectivity index (χ0v) is 11.7. The highest BCUT2D eigenvalue weighted by Gasteiger charge is 2.03. The molecule has 0 aromatic carbocycles. The molecule has 1 aromatic heterocycles. The maximum Gasteiger partial charge on any atom is 0.0325 e. The Morgan fingerprint density at radius 3 is 2.56 bits per heavy atom.